The standard InChI is InChI=1S/C19H25FO/c1-13-11-14(2)18(15-5-7-17(20)8-6-15)12-16(13)9-10-19(3,4)21/h5-8,21H,9-12H2,1-4H3. The normalized spacial score (nSPS) is 16.7. The Labute approximate surface area is 127 Å². The second kappa shape index (κ2) is 6.15. The Bertz CT molecular complexity index is 571. The minimum atomic E-state index is -0.625. The molecule has 0 atom stereocenters. The van der Waals surface area contributed by atoms with Crippen LogP contribution in [0.25, 0.3) is 5.57 Å². The molecule has 0 spiro atoms. The van der Waals surface area contributed by atoms with Gasteiger partial charge in [0.05, 0.1) is 5.60 Å². The smallest absolute Gasteiger partial charge is 0.123 e. The molecule has 2 heteroatoms. The highest BCUT2D eigenvalue weighted by Gasteiger charge is 2.20. The van der Waals surface area contributed by atoms with Gasteiger partial charge in [-0.2, -0.15) is 0 Å². The van der Waals surface area contributed by atoms with E-state index < -0.39 is 5.60 Å². The monoisotopic (exact) mass is 288 g/mol. The van der Waals surface area contributed by atoms with Gasteiger partial charge in [0.1, 0.15) is 5.82 Å². The topological polar surface area (TPSA) is 20.2 Å². The highest BCUT2D eigenvalue weighted by Crippen LogP contribution is 2.38. The van der Waals surface area contributed by atoms with E-state index in [1.165, 1.54) is 34.4 Å². The van der Waals surface area contributed by atoms with E-state index in [-0.39, 0.29) is 5.82 Å². The quantitative estimate of drug-likeness (QED) is 0.749. The van der Waals surface area contributed by atoms with Crippen molar-refractivity contribution in [1.82, 2.24) is 0 Å². The number of benzene rings is 1. The van der Waals surface area contributed by atoms with Crippen LogP contribution in [0.2, 0.25) is 0 Å². The molecule has 2 rings (SSSR count). The van der Waals surface area contributed by atoms with Gasteiger partial charge >= 0.3 is 0 Å². The molecule has 114 valence electrons. The molecule has 1 N–H and O–H groups in total. The summed E-state index contributed by atoms with van der Waals surface area (Å²) in [5, 5.41) is 9.92. The number of allylic oxidation sites excluding steroid dienone is 4. The summed E-state index contributed by atoms with van der Waals surface area (Å²) in [4.78, 5) is 0. The molecular weight excluding hydrogens is 263 g/mol. The number of halogens is 1. The summed E-state index contributed by atoms with van der Waals surface area (Å²) < 4.78 is 13.1. The number of hydrogen-bond acceptors (Lipinski definition) is 1. The summed E-state index contributed by atoms with van der Waals surface area (Å²) in [6.07, 6.45) is 3.59. The third kappa shape index (κ3) is 4.28. The molecule has 0 heterocycles. The lowest BCUT2D eigenvalue weighted by Crippen LogP contribution is -2.18. The summed E-state index contributed by atoms with van der Waals surface area (Å²) in [7, 11) is 0. The highest BCUT2D eigenvalue weighted by atomic mass is 19.1. The first kappa shape index (κ1) is 16.0. The van der Waals surface area contributed by atoms with Crippen LogP contribution in [0.1, 0.15) is 58.9 Å². The van der Waals surface area contributed by atoms with Crippen molar-refractivity contribution in [2.45, 2.75) is 59.0 Å². The zero-order chi connectivity index (χ0) is 15.6. The molecule has 0 radical (unpaired) electrons. The lowest BCUT2D eigenvalue weighted by atomic mass is 9.81. The van der Waals surface area contributed by atoms with Crippen LogP contribution in [0, 0.1) is 5.82 Å². The van der Waals surface area contributed by atoms with Gasteiger partial charge in [0.15, 0.2) is 0 Å². The van der Waals surface area contributed by atoms with E-state index in [1.807, 2.05) is 26.0 Å². The first-order valence-corrected chi connectivity index (χ1v) is 7.61. The second-order valence-electron chi connectivity index (χ2n) is 6.82. The fourth-order valence-corrected chi connectivity index (χ4v) is 2.90. The maximum Gasteiger partial charge on any atom is 0.123 e. The fraction of sp³-hybridized carbons (Fsp3) is 0.474. The average Bonchev–Trinajstić information content (AvgIpc) is 2.38. The number of aliphatic hydroxyl groups is 1. The van der Waals surface area contributed by atoms with Crippen LogP contribution in [-0.2, 0) is 0 Å². The van der Waals surface area contributed by atoms with Crippen molar-refractivity contribution in [2.75, 3.05) is 0 Å². The zero-order valence-electron chi connectivity index (χ0n) is 13.5. The van der Waals surface area contributed by atoms with Crippen molar-refractivity contribution in [3.8, 4) is 0 Å². The average molecular weight is 288 g/mol. The summed E-state index contributed by atoms with van der Waals surface area (Å²) in [5.74, 6) is -0.193. The molecule has 1 nitrogen and oxygen atoms in total. The van der Waals surface area contributed by atoms with Crippen LogP contribution in [0.3, 0.4) is 0 Å². The summed E-state index contributed by atoms with van der Waals surface area (Å²) in [5.41, 5.74) is 6.00. The van der Waals surface area contributed by atoms with Crippen LogP contribution >= 0.6 is 0 Å². The molecule has 0 bridgehead atoms. The van der Waals surface area contributed by atoms with E-state index in [0.717, 1.165) is 31.2 Å². The zero-order valence-corrected chi connectivity index (χ0v) is 13.5. The van der Waals surface area contributed by atoms with E-state index in [4.69, 9.17) is 0 Å². The Morgan fingerprint density at radius 3 is 2.24 bits per heavy atom. The van der Waals surface area contributed by atoms with E-state index in [9.17, 15) is 9.50 Å². The van der Waals surface area contributed by atoms with Crippen LogP contribution in [0.5, 0.6) is 0 Å². The molecule has 1 aliphatic rings. The van der Waals surface area contributed by atoms with Crippen LogP contribution in [0.15, 0.2) is 41.0 Å². The third-order valence-electron chi connectivity index (χ3n) is 4.27. The molecule has 0 aromatic heterocycles. The van der Waals surface area contributed by atoms with Crippen molar-refractivity contribution in [2.24, 2.45) is 0 Å². The van der Waals surface area contributed by atoms with Gasteiger partial charge in [-0.15, -0.1) is 0 Å². The minimum absolute atomic E-state index is 0.193. The van der Waals surface area contributed by atoms with E-state index >= 15 is 0 Å². The molecule has 0 fully saturated rings. The van der Waals surface area contributed by atoms with Gasteiger partial charge in [0.25, 0.3) is 0 Å². The highest BCUT2D eigenvalue weighted by molar-refractivity contribution is 5.72. The van der Waals surface area contributed by atoms with Crippen molar-refractivity contribution < 1.29 is 9.50 Å². The Morgan fingerprint density at radius 1 is 1.05 bits per heavy atom. The molecule has 0 unspecified atom stereocenters. The van der Waals surface area contributed by atoms with Gasteiger partial charge in [-0.25, -0.2) is 4.39 Å². The predicted molar refractivity (Wildman–Crippen MR) is 86.5 cm³/mol. The molecule has 0 saturated carbocycles. The Kier molecular flexibility index (Phi) is 4.67. The van der Waals surface area contributed by atoms with Gasteiger partial charge in [-0.3, -0.25) is 0 Å². The lowest BCUT2D eigenvalue weighted by molar-refractivity contribution is 0.0712. The molecule has 0 aliphatic heterocycles. The summed E-state index contributed by atoms with van der Waals surface area (Å²) in [6.45, 7) is 8.06. The third-order valence-corrected chi connectivity index (χ3v) is 4.27. The summed E-state index contributed by atoms with van der Waals surface area (Å²) in [6, 6.07) is 6.78. The van der Waals surface area contributed by atoms with Gasteiger partial charge in [0, 0.05) is 0 Å². The summed E-state index contributed by atoms with van der Waals surface area (Å²) >= 11 is 0. The molecule has 1 aliphatic carbocycles. The van der Waals surface area contributed by atoms with Crippen molar-refractivity contribution in [1.29, 1.82) is 0 Å². The maximum absolute atomic E-state index is 13.1. The molecule has 0 saturated heterocycles. The predicted octanol–water partition coefficient (Wildman–Crippen LogP) is 5.26. The van der Waals surface area contributed by atoms with Crippen LogP contribution < -0.4 is 0 Å². The lowest BCUT2D eigenvalue weighted by Gasteiger charge is -2.25. The Balaban J connectivity index is 2.17. The number of rotatable bonds is 4. The van der Waals surface area contributed by atoms with E-state index in [2.05, 4.69) is 13.8 Å². The van der Waals surface area contributed by atoms with Crippen LogP contribution in [0.4, 0.5) is 4.39 Å². The van der Waals surface area contributed by atoms with Gasteiger partial charge in [0.2, 0.25) is 0 Å². The molecular formula is C19H25FO. The van der Waals surface area contributed by atoms with Crippen LogP contribution in [-0.4, -0.2) is 10.7 Å². The first-order chi connectivity index (χ1) is 9.76. The Hall–Kier alpha value is -1.41. The van der Waals surface area contributed by atoms with E-state index in [0.29, 0.717) is 0 Å². The maximum atomic E-state index is 13.1. The molecule has 1 aromatic carbocycles. The SMILES string of the molecule is CC1=C(CCC(C)(C)O)CC(c2ccc(F)cc2)=C(C)C1. The second-order valence-corrected chi connectivity index (χ2v) is 6.82. The fourth-order valence-electron chi connectivity index (χ4n) is 2.90. The van der Waals surface area contributed by atoms with E-state index in [1.54, 1.807) is 0 Å². The first-order valence-electron chi connectivity index (χ1n) is 7.61. The molecule has 1 aromatic rings. The van der Waals surface area contributed by atoms with Crippen molar-refractivity contribution in [3.05, 3.63) is 52.4 Å². The van der Waals surface area contributed by atoms with Crippen molar-refractivity contribution in [3.63, 3.8) is 0 Å². The largest absolute Gasteiger partial charge is 0.390 e. The van der Waals surface area contributed by atoms with Gasteiger partial charge < -0.3 is 5.11 Å². The van der Waals surface area contributed by atoms with Crippen molar-refractivity contribution >= 4 is 5.57 Å². The minimum Gasteiger partial charge on any atom is -0.390 e. The molecule has 0 amide bonds. The molecule has 21 heavy (non-hydrogen) atoms. The Morgan fingerprint density at radius 2 is 1.67 bits per heavy atom. The van der Waals surface area contributed by atoms with Gasteiger partial charge in [-0.1, -0.05) is 28.9 Å². The number of hydrogen-bond donors (Lipinski definition) is 1. The van der Waals surface area contributed by atoms with Gasteiger partial charge in [-0.05, 0) is 76.6 Å².